The molecule has 1 aromatic rings. The number of hydrogen-bond acceptors (Lipinski definition) is 5. The van der Waals surface area contributed by atoms with Gasteiger partial charge in [0.2, 0.25) is 0 Å². The highest BCUT2D eigenvalue weighted by atomic mass is 16.5. The molecule has 0 spiro atoms. The van der Waals surface area contributed by atoms with E-state index in [-0.39, 0.29) is 6.61 Å². The molecule has 0 fully saturated rings. The predicted molar refractivity (Wildman–Crippen MR) is 72.6 cm³/mol. The van der Waals surface area contributed by atoms with E-state index < -0.39 is 0 Å². The van der Waals surface area contributed by atoms with Crippen LogP contribution in [0.25, 0.3) is 0 Å². The molecule has 0 unspecified atom stereocenters. The molecule has 0 radical (unpaired) electrons. The van der Waals surface area contributed by atoms with Crippen LogP contribution in [0.2, 0.25) is 0 Å². The van der Waals surface area contributed by atoms with Crippen molar-refractivity contribution in [2.24, 2.45) is 0 Å². The molecule has 1 rings (SSSR count). The number of benzene rings is 1. The Kier molecular flexibility index (Phi) is 7.10. The van der Waals surface area contributed by atoms with Crippen LogP contribution < -0.4 is 4.74 Å². The van der Waals surface area contributed by atoms with E-state index in [0.29, 0.717) is 31.8 Å². The van der Waals surface area contributed by atoms with Crippen molar-refractivity contribution in [1.29, 1.82) is 0 Å². The van der Waals surface area contributed by atoms with E-state index in [2.05, 4.69) is 4.90 Å². The quantitative estimate of drug-likeness (QED) is 0.675. The monoisotopic (exact) mass is 267 g/mol. The Morgan fingerprint density at radius 3 is 2.68 bits per heavy atom. The SMILES string of the molecule is COCCN(CCO)Cc1cc(C=O)ccc1OC. The highest BCUT2D eigenvalue weighted by Crippen LogP contribution is 2.21. The Bertz CT molecular complexity index is 395. The highest BCUT2D eigenvalue weighted by Gasteiger charge is 2.10. The Morgan fingerprint density at radius 2 is 2.11 bits per heavy atom. The standard InChI is InChI=1S/C14H21NO4/c1-18-8-6-15(5-7-16)10-13-9-12(11-17)3-4-14(13)19-2/h3-4,9,11,16H,5-8,10H2,1-2H3. The number of ether oxygens (including phenoxy) is 2. The van der Waals surface area contributed by atoms with Gasteiger partial charge in [-0.25, -0.2) is 0 Å². The molecule has 0 aliphatic heterocycles. The molecule has 19 heavy (non-hydrogen) atoms. The molecule has 0 saturated carbocycles. The molecule has 0 saturated heterocycles. The van der Waals surface area contributed by atoms with Gasteiger partial charge < -0.3 is 14.6 Å². The molecular weight excluding hydrogens is 246 g/mol. The van der Waals surface area contributed by atoms with Gasteiger partial charge in [0.15, 0.2) is 0 Å². The van der Waals surface area contributed by atoms with Crippen molar-refractivity contribution in [3.05, 3.63) is 29.3 Å². The maximum Gasteiger partial charge on any atom is 0.150 e. The topological polar surface area (TPSA) is 59.0 Å². The zero-order valence-electron chi connectivity index (χ0n) is 11.5. The number of aldehydes is 1. The minimum absolute atomic E-state index is 0.0827. The molecule has 5 heteroatoms. The van der Waals surface area contributed by atoms with Crippen LogP contribution in [-0.4, -0.2) is 56.8 Å². The lowest BCUT2D eigenvalue weighted by molar-refractivity contribution is 0.112. The van der Waals surface area contributed by atoms with Gasteiger partial charge in [-0.2, -0.15) is 0 Å². The predicted octanol–water partition coefficient (Wildman–Crippen LogP) is 0.948. The number of aliphatic hydroxyl groups excluding tert-OH is 1. The molecule has 1 N–H and O–H groups in total. The Balaban J connectivity index is 2.83. The first-order valence-corrected chi connectivity index (χ1v) is 6.19. The van der Waals surface area contributed by atoms with Crippen LogP contribution in [0, 0.1) is 0 Å². The van der Waals surface area contributed by atoms with Crippen molar-refractivity contribution >= 4 is 6.29 Å². The third-order valence-corrected chi connectivity index (χ3v) is 2.86. The summed E-state index contributed by atoms with van der Waals surface area (Å²) in [4.78, 5) is 12.9. The van der Waals surface area contributed by atoms with Crippen LogP contribution in [0.4, 0.5) is 0 Å². The first-order valence-electron chi connectivity index (χ1n) is 6.19. The number of carbonyl (C=O) groups is 1. The third-order valence-electron chi connectivity index (χ3n) is 2.86. The molecule has 106 valence electrons. The van der Waals surface area contributed by atoms with Crippen molar-refractivity contribution in [2.75, 3.05) is 40.5 Å². The Labute approximate surface area is 113 Å². The lowest BCUT2D eigenvalue weighted by Gasteiger charge is -2.22. The van der Waals surface area contributed by atoms with E-state index in [9.17, 15) is 4.79 Å². The van der Waals surface area contributed by atoms with Crippen molar-refractivity contribution in [3.8, 4) is 5.75 Å². The maximum absolute atomic E-state index is 10.8. The fourth-order valence-electron chi connectivity index (χ4n) is 1.87. The number of nitrogens with zero attached hydrogens (tertiary/aromatic N) is 1. The molecule has 0 bridgehead atoms. The Morgan fingerprint density at radius 1 is 1.32 bits per heavy atom. The van der Waals surface area contributed by atoms with Gasteiger partial charge in [0.1, 0.15) is 12.0 Å². The lowest BCUT2D eigenvalue weighted by atomic mass is 10.1. The molecular formula is C14H21NO4. The molecule has 5 nitrogen and oxygen atoms in total. The van der Waals surface area contributed by atoms with E-state index in [1.807, 2.05) is 6.07 Å². The summed E-state index contributed by atoms with van der Waals surface area (Å²) in [7, 11) is 3.25. The minimum atomic E-state index is 0.0827. The van der Waals surface area contributed by atoms with Crippen LogP contribution in [0.1, 0.15) is 15.9 Å². The van der Waals surface area contributed by atoms with Gasteiger partial charge in [-0.05, 0) is 18.2 Å². The summed E-state index contributed by atoms with van der Waals surface area (Å²) in [5.41, 5.74) is 1.54. The van der Waals surface area contributed by atoms with E-state index >= 15 is 0 Å². The average Bonchev–Trinajstić information content (AvgIpc) is 2.44. The second-order valence-corrected chi connectivity index (χ2v) is 4.18. The van der Waals surface area contributed by atoms with E-state index in [1.54, 1.807) is 26.4 Å². The van der Waals surface area contributed by atoms with Gasteiger partial charge in [0, 0.05) is 37.9 Å². The van der Waals surface area contributed by atoms with Crippen LogP contribution in [-0.2, 0) is 11.3 Å². The fourth-order valence-corrected chi connectivity index (χ4v) is 1.87. The third kappa shape index (κ3) is 4.98. The summed E-state index contributed by atoms with van der Waals surface area (Å²) in [6.45, 7) is 2.55. The van der Waals surface area contributed by atoms with Gasteiger partial charge in [-0.1, -0.05) is 0 Å². The van der Waals surface area contributed by atoms with Gasteiger partial charge in [0.25, 0.3) is 0 Å². The Hall–Kier alpha value is -1.43. The zero-order valence-corrected chi connectivity index (χ0v) is 11.5. The molecule has 0 aromatic heterocycles. The zero-order chi connectivity index (χ0) is 14.1. The average molecular weight is 267 g/mol. The van der Waals surface area contributed by atoms with Crippen molar-refractivity contribution in [2.45, 2.75) is 6.54 Å². The fraction of sp³-hybridized carbons (Fsp3) is 0.500. The molecule has 0 atom stereocenters. The number of rotatable bonds is 9. The van der Waals surface area contributed by atoms with E-state index in [0.717, 1.165) is 17.6 Å². The number of hydrogen-bond donors (Lipinski definition) is 1. The van der Waals surface area contributed by atoms with Crippen LogP contribution in [0.3, 0.4) is 0 Å². The number of aliphatic hydroxyl groups is 1. The number of carbonyl (C=O) groups excluding carboxylic acids is 1. The van der Waals surface area contributed by atoms with E-state index in [4.69, 9.17) is 14.6 Å². The lowest BCUT2D eigenvalue weighted by Crippen LogP contribution is -2.30. The smallest absolute Gasteiger partial charge is 0.150 e. The molecule has 0 heterocycles. The van der Waals surface area contributed by atoms with Gasteiger partial charge >= 0.3 is 0 Å². The molecule has 0 aliphatic carbocycles. The summed E-state index contributed by atoms with van der Waals surface area (Å²) < 4.78 is 10.3. The minimum Gasteiger partial charge on any atom is -0.496 e. The van der Waals surface area contributed by atoms with Gasteiger partial charge in [-0.3, -0.25) is 9.69 Å². The van der Waals surface area contributed by atoms with Crippen molar-refractivity contribution < 1.29 is 19.4 Å². The molecule has 0 amide bonds. The second kappa shape index (κ2) is 8.63. The largest absolute Gasteiger partial charge is 0.496 e. The first kappa shape index (κ1) is 15.6. The highest BCUT2D eigenvalue weighted by molar-refractivity contribution is 5.75. The van der Waals surface area contributed by atoms with Crippen LogP contribution >= 0.6 is 0 Å². The summed E-state index contributed by atoms with van der Waals surface area (Å²) in [6, 6.07) is 5.32. The van der Waals surface area contributed by atoms with E-state index in [1.165, 1.54) is 0 Å². The van der Waals surface area contributed by atoms with Crippen molar-refractivity contribution in [1.82, 2.24) is 4.90 Å². The van der Waals surface area contributed by atoms with Crippen LogP contribution in [0.5, 0.6) is 5.75 Å². The molecule has 0 aliphatic rings. The number of methoxy groups -OCH3 is 2. The van der Waals surface area contributed by atoms with Gasteiger partial charge in [0.05, 0.1) is 20.3 Å². The summed E-state index contributed by atoms with van der Waals surface area (Å²) in [5, 5.41) is 9.07. The molecule has 1 aromatic carbocycles. The summed E-state index contributed by atoms with van der Waals surface area (Å²) in [5.74, 6) is 0.742. The van der Waals surface area contributed by atoms with Crippen molar-refractivity contribution in [3.63, 3.8) is 0 Å². The first-order chi connectivity index (χ1) is 9.24. The van der Waals surface area contributed by atoms with Gasteiger partial charge in [-0.15, -0.1) is 0 Å². The van der Waals surface area contributed by atoms with Crippen LogP contribution in [0.15, 0.2) is 18.2 Å². The maximum atomic E-state index is 10.8. The normalized spacial score (nSPS) is 10.7. The summed E-state index contributed by atoms with van der Waals surface area (Å²) in [6.07, 6.45) is 0.814. The second-order valence-electron chi connectivity index (χ2n) is 4.18. The summed E-state index contributed by atoms with van der Waals surface area (Å²) >= 11 is 0.